The highest BCUT2D eigenvalue weighted by atomic mass is 16.7. The van der Waals surface area contributed by atoms with Crippen LogP contribution >= 0.6 is 0 Å². The average molecular weight is 251 g/mol. The highest BCUT2D eigenvalue weighted by Gasteiger charge is 2.44. The van der Waals surface area contributed by atoms with E-state index in [-0.39, 0.29) is 16.9 Å². The summed E-state index contributed by atoms with van der Waals surface area (Å²) in [6.07, 6.45) is 6.34. The van der Waals surface area contributed by atoms with Crippen LogP contribution in [0.15, 0.2) is 12.4 Å². The molecule has 18 heavy (non-hydrogen) atoms. The molecule has 0 aliphatic carbocycles. The minimum atomic E-state index is -0.428. The molecule has 0 amide bonds. The summed E-state index contributed by atoms with van der Waals surface area (Å²) < 4.78 is 0. The molecule has 1 aliphatic heterocycles. The SMILES string of the molecule is CC1(C)CCCC(C)(C)N1OC(=O)c1ncc[nH]1. The second-order valence-corrected chi connectivity index (χ2v) is 6.09. The van der Waals surface area contributed by atoms with Gasteiger partial charge in [-0.2, -0.15) is 0 Å². The average Bonchev–Trinajstić information content (AvgIpc) is 2.76. The first-order chi connectivity index (χ1) is 8.33. The van der Waals surface area contributed by atoms with Crippen LogP contribution in [0.25, 0.3) is 0 Å². The number of imidazole rings is 1. The summed E-state index contributed by atoms with van der Waals surface area (Å²) in [4.78, 5) is 24.2. The number of aromatic amines is 1. The van der Waals surface area contributed by atoms with Gasteiger partial charge in [0.1, 0.15) is 0 Å². The molecule has 0 spiro atoms. The predicted molar refractivity (Wildman–Crippen MR) is 67.9 cm³/mol. The van der Waals surface area contributed by atoms with Crippen molar-refractivity contribution in [3.05, 3.63) is 18.2 Å². The Morgan fingerprint density at radius 1 is 1.33 bits per heavy atom. The third-order valence-corrected chi connectivity index (χ3v) is 3.54. The van der Waals surface area contributed by atoms with Gasteiger partial charge in [-0.05, 0) is 47.0 Å². The number of carbonyl (C=O) groups excluding carboxylic acids is 1. The van der Waals surface area contributed by atoms with Gasteiger partial charge >= 0.3 is 5.97 Å². The molecule has 1 N–H and O–H groups in total. The zero-order chi connectivity index (χ0) is 13.4. The molecule has 0 aromatic carbocycles. The first kappa shape index (κ1) is 13.1. The summed E-state index contributed by atoms with van der Waals surface area (Å²) in [5, 5.41) is 1.83. The van der Waals surface area contributed by atoms with Crippen LogP contribution in [0, 0.1) is 0 Å². The van der Waals surface area contributed by atoms with Crippen molar-refractivity contribution in [3.63, 3.8) is 0 Å². The Bertz CT molecular complexity index is 407. The molecule has 100 valence electrons. The summed E-state index contributed by atoms with van der Waals surface area (Å²) >= 11 is 0. The molecule has 0 saturated carbocycles. The second-order valence-electron chi connectivity index (χ2n) is 6.09. The van der Waals surface area contributed by atoms with E-state index in [1.54, 1.807) is 12.4 Å². The van der Waals surface area contributed by atoms with Crippen molar-refractivity contribution < 1.29 is 9.63 Å². The van der Waals surface area contributed by atoms with Crippen molar-refractivity contribution in [1.82, 2.24) is 15.0 Å². The number of piperidine rings is 1. The number of H-pyrrole nitrogens is 1. The van der Waals surface area contributed by atoms with E-state index in [0.29, 0.717) is 0 Å². The Morgan fingerprint density at radius 2 is 1.94 bits per heavy atom. The minimum absolute atomic E-state index is 0.149. The molecule has 5 nitrogen and oxygen atoms in total. The molecule has 2 rings (SSSR count). The van der Waals surface area contributed by atoms with Crippen LogP contribution in [0.5, 0.6) is 0 Å². The van der Waals surface area contributed by atoms with Gasteiger partial charge in [0.25, 0.3) is 0 Å². The standard InChI is InChI=1S/C13H21N3O2/c1-12(2)6-5-7-13(3,4)16(12)18-11(17)10-14-8-9-15-10/h8-9H,5-7H2,1-4H3,(H,14,15). The van der Waals surface area contributed by atoms with Crippen molar-refractivity contribution in [3.8, 4) is 0 Å². The molecule has 2 heterocycles. The second kappa shape index (κ2) is 4.39. The van der Waals surface area contributed by atoms with Crippen molar-refractivity contribution >= 4 is 5.97 Å². The van der Waals surface area contributed by atoms with Crippen LogP contribution in [0.3, 0.4) is 0 Å². The lowest BCUT2D eigenvalue weighted by molar-refractivity contribution is -0.241. The maximum atomic E-state index is 12.0. The largest absolute Gasteiger partial charge is 0.393 e. The van der Waals surface area contributed by atoms with E-state index in [1.165, 1.54) is 0 Å². The third kappa shape index (κ3) is 2.41. The third-order valence-electron chi connectivity index (χ3n) is 3.54. The van der Waals surface area contributed by atoms with Crippen LogP contribution in [-0.4, -0.2) is 32.1 Å². The summed E-state index contributed by atoms with van der Waals surface area (Å²) in [6.45, 7) is 8.40. The Balaban J connectivity index is 2.17. The molecule has 1 fully saturated rings. The van der Waals surface area contributed by atoms with Gasteiger partial charge in [0.15, 0.2) is 0 Å². The number of nitrogens with zero attached hydrogens (tertiary/aromatic N) is 2. The molecule has 5 heteroatoms. The number of aromatic nitrogens is 2. The molecule has 0 unspecified atom stereocenters. The number of nitrogens with one attached hydrogen (secondary N) is 1. The molecular weight excluding hydrogens is 230 g/mol. The van der Waals surface area contributed by atoms with Crippen LogP contribution < -0.4 is 0 Å². The van der Waals surface area contributed by atoms with Crippen LogP contribution in [-0.2, 0) is 4.84 Å². The highest BCUT2D eigenvalue weighted by molar-refractivity contribution is 5.84. The van der Waals surface area contributed by atoms with Crippen molar-refractivity contribution in [2.45, 2.75) is 58.0 Å². The summed E-state index contributed by atoms with van der Waals surface area (Å²) in [5.41, 5.74) is -0.298. The number of carbonyl (C=O) groups is 1. The van der Waals surface area contributed by atoms with Gasteiger partial charge < -0.3 is 9.82 Å². The number of hydroxylamine groups is 2. The van der Waals surface area contributed by atoms with Gasteiger partial charge in [0, 0.05) is 12.4 Å². The Morgan fingerprint density at radius 3 is 2.44 bits per heavy atom. The van der Waals surface area contributed by atoms with E-state index < -0.39 is 5.97 Å². The fourth-order valence-corrected chi connectivity index (χ4v) is 2.73. The van der Waals surface area contributed by atoms with Gasteiger partial charge in [0.2, 0.25) is 5.82 Å². The van der Waals surface area contributed by atoms with Gasteiger partial charge in [0.05, 0.1) is 11.1 Å². The quantitative estimate of drug-likeness (QED) is 0.877. The van der Waals surface area contributed by atoms with Crippen LogP contribution in [0.4, 0.5) is 0 Å². The first-order valence-corrected chi connectivity index (χ1v) is 6.35. The molecule has 0 atom stereocenters. The fraction of sp³-hybridized carbons (Fsp3) is 0.692. The fourth-order valence-electron chi connectivity index (χ4n) is 2.73. The van der Waals surface area contributed by atoms with Crippen molar-refractivity contribution in [2.24, 2.45) is 0 Å². The molecule has 0 bridgehead atoms. The zero-order valence-electron chi connectivity index (χ0n) is 11.5. The molecule has 0 radical (unpaired) electrons. The van der Waals surface area contributed by atoms with Gasteiger partial charge in [-0.15, -0.1) is 5.06 Å². The monoisotopic (exact) mass is 251 g/mol. The van der Waals surface area contributed by atoms with Gasteiger partial charge in [-0.25, -0.2) is 9.78 Å². The van der Waals surface area contributed by atoms with Crippen LogP contribution in [0.1, 0.15) is 57.6 Å². The Hall–Kier alpha value is -1.36. The topological polar surface area (TPSA) is 58.2 Å². The van der Waals surface area contributed by atoms with E-state index in [0.717, 1.165) is 19.3 Å². The lowest BCUT2D eigenvalue weighted by Gasteiger charge is -2.50. The summed E-state index contributed by atoms with van der Waals surface area (Å²) in [5.74, 6) is -0.185. The van der Waals surface area contributed by atoms with Crippen LogP contribution in [0.2, 0.25) is 0 Å². The van der Waals surface area contributed by atoms with E-state index in [1.807, 2.05) is 5.06 Å². The van der Waals surface area contributed by atoms with E-state index in [9.17, 15) is 4.79 Å². The molecule has 1 saturated heterocycles. The lowest BCUT2D eigenvalue weighted by Crippen LogP contribution is -2.58. The summed E-state index contributed by atoms with van der Waals surface area (Å²) in [6, 6.07) is 0. The number of rotatable bonds is 2. The molecule has 1 aromatic rings. The Labute approximate surface area is 107 Å². The smallest absolute Gasteiger partial charge is 0.361 e. The lowest BCUT2D eigenvalue weighted by atomic mass is 9.82. The number of hydrogen-bond acceptors (Lipinski definition) is 4. The maximum Gasteiger partial charge on any atom is 0.393 e. The normalized spacial score (nSPS) is 22.7. The minimum Gasteiger partial charge on any atom is -0.361 e. The first-order valence-electron chi connectivity index (χ1n) is 6.35. The summed E-state index contributed by atoms with van der Waals surface area (Å²) in [7, 11) is 0. The molecular formula is C13H21N3O2. The highest BCUT2D eigenvalue weighted by Crippen LogP contribution is 2.38. The molecule has 1 aliphatic rings. The van der Waals surface area contributed by atoms with Crippen molar-refractivity contribution in [2.75, 3.05) is 0 Å². The predicted octanol–water partition coefficient (Wildman–Crippen LogP) is 2.52. The van der Waals surface area contributed by atoms with Gasteiger partial charge in [-0.1, -0.05) is 0 Å². The Kier molecular flexibility index (Phi) is 3.19. The van der Waals surface area contributed by atoms with Crippen molar-refractivity contribution in [1.29, 1.82) is 0 Å². The van der Waals surface area contributed by atoms with E-state index in [4.69, 9.17) is 4.84 Å². The van der Waals surface area contributed by atoms with Gasteiger partial charge in [-0.3, -0.25) is 0 Å². The van der Waals surface area contributed by atoms with E-state index >= 15 is 0 Å². The number of hydrogen-bond donors (Lipinski definition) is 1. The maximum absolute atomic E-state index is 12.0. The van der Waals surface area contributed by atoms with E-state index in [2.05, 4.69) is 37.7 Å². The zero-order valence-corrected chi connectivity index (χ0v) is 11.5. The molecule has 1 aromatic heterocycles.